The molecule has 0 saturated heterocycles. The Balaban J connectivity index is 3.03. The van der Waals surface area contributed by atoms with Crippen LogP contribution in [0.25, 0.3) is 0 Å². The minimum Gasteiger partial charge on any atom is -0.422 e. The molecule has 1 rings (SSSR count). The van der Waals surface area contributed by atoms with Gasteiger partial charge in [-0.15, -0.1) is 0 Å². The van der Waals surface area contributed by atoms with Crippen molar-refractivity contribution in [1.82, 2.24) is 0 Å². The SMILES string of the molecule is CCCCCCCC(=O)Nc1cc(C)c(C)c(NC(=O)CCCCCCC)c1OC(=O)CCCCCCC. The third-order valence-electron chi connectivity index (χ3n) is 7.05. The topological polar surface area (TPSA) is 84.5 Å². The van der Waals surface area contributed by atoms with E-state index in [1.54, 1.807) is 0 Å². The number of unbranched alkanes of at least 4 members (excludes halogenated alkanes) is 12. The van der Waals surface area contributed by atoms with Gasteiger partial charge in [-0.05, 0) is 50.3 Å². The number of amides is 2. The van der Waals surface area contributed by atoms with Gasteiger partial charge in [0.05, 0.1) is 11.4 Å². The van der Waals surface area contributed by atoms with Crippen LogP contribution in [-0.4, -0.2) is 17.8 Å². The lowest BCUT2D eigenvalue weighted by molar-refractivity contribution is -0.134. The molecule has 1 aromatic carbocycles. The van der Waals surface area contributed by atoms with Gasteiger partial charge in [0.1, 0.15) is 0 Å². The van der Waals surface area contributed by atoms with E-state index in [0.29, 0.717) is 30.6 Å². The maximum Gasteiger partial charge on any atom is 0.311 e. The predicted molar refractivity (Wildman–Crippen MR) is 159 cm³/mol. The molecule has 0 atom stereocenters. The molecule has 38 heavy (non-hydrogen) atoms. The molecule has 6 nitrogen and oxygen atoms in total. The van der Waals surface area contributed by atoms with E-state index in [2.05, 4.69) is 31.4 Å². The maximum absolute atomic E-state index is 12.8. The van der Waals surface area contributed by atoms with Crippen molar-refractivity contribution in [2.45, 2.75) is 150 Å². The van der Waals surface area contributed by atoms with Crippen LogP contribution in [0.5, 0.6) is 5.75 Å². The van der Waals surface area contributed by atoms with Gasteiger partial charge in [-0.3, -0.25) is 14.4 Å². The molecular formula is C32H54N2O4. The van der Waals surface area contributed by atoms with E-state index in [1.807, 2.05) is 19.9 Å². The van der Waals surface area contributed by atoms with Gasteiger partial charge in [0, 0.05) is 19.3 Å². The summed E-state index contributed by atoms with van der Waals surface area (Å²) >= 11 is 0. The zero-order valence-electron chi connectivity index (χ0n) is 24.9. The molecule has 0 spiro atoms. The van der Waals surface area contributed by atoms with E-state index >= 15 is 0 Å². The van der Waals surface area contributed by atoms with Crippen molar-refractivity contribution in [3.05, 3.63) is 17.2 Å². The van der Waals surface area contributed by atoms with Crippen LogP contribution in [0.2, 0.25) is 0 Å². The lowest BCUT2D eigenvalue weighted by atomic mass is 10.0. The summed E-state index contributed by atoms with van der Waals surface area (Å²) in [5.74, 6) is -0.282. The quantitative estimate of drug-likeness (QED) is 0.0942. The summed E-state index contributed by atoms with van der Waals surface area (Å²) in [7, 11) is 0. The summed E-state index contributed by atoms with van der Waals surface area (Å²) in [5.41, 5.74) is 2.69. The summed E-state index contributed by atoms with van der Waals surface area (Å²) in [5, 5.41) is 5.98. The number of rotatable bonds is 21. The lowest BCUT2D eigenvalue weighted by Crippen LogP contribution is -2.19. The zero-order chi connectivity index (χ0) is 28.2. The molecule has 0 aliphatic heterocycles. The Morgan fingerprint density at radius 1 is 0.632 bits per heavy atom. The fourth-order valence-electron chi connectivity index (χ4n) is 4.47. The van der Waals surface area contributed by atoms with Crippen molar-refractivity contribution >= 4 is 29.2 Å². The molecule has 6 heteroatoms. The van der Waals surface area contributed by atoms with Crippen molar-refractivity contribution in [2.24, 2.45) is 0 Å². The number of carbonyl (C=O) groups is 3. The number of anilines is 2. The number of esters is 1. The number of hydrogen-bond acceptors (Lipinski definition) is 4. The minimum atomic E-state index is -0.338. The molecule has 0 aliphatic rings. The Bertz CT molecular complexity index is 850. The summed E-state index contributed by atoms with van der Waals surface area (Å²) in [6.45, 7) is 10.4. The highest BCUT2D eigenvalue weighted by Crippen LogP contribution is 2.39. The molecule has 0 unspecified atom stereocenters. The van der Waals surface area contributed by atoms with Crippen LogP contribution in [-0.2, 0) is 14.4 Å². The molecule has 0 bridgehead atoms. The van der Waals surface area contributed by atoms with Crippen molar-refractivity contribution in [3.8, 4) is 5.75 Å². The Labute approximate surface area is 232 Å². The van der Waals surface area contributed by atoms with Gasteiger partial charge >= 0.3 is 5.97 Å². The van der Waals surface area contributed by atoms with Gasteiger partial charge in [-0.25, -0.2) is 0 Å². The van der Waals surface area contributed by atoms with E-state index in [-0.39, 0.29) is 23.5 Å². The lowest BCUT2D eigenvalue weighted by Gasteiger charge is -2.20. The van der Waals surface area contributed by atoms with Crippen molar-refractivity contribution in [3.63, 3.8) is 0 Å². The van der Waals surface area contributed by atoms with E-state index in [1.165, 1.54) is 12.8 Å². The third-order valence-corrected chi connectivity index (χ3v) is 7.05. The number of carbonyl (C=O) groups excluding carboxylic acids is 3. The van der Waals surface area contributed by atoms with Crippen molar-refractivity contribution in [1.29, 1.82) is 0 Å². The summed E-state index contributed by atoms with van der Waals surface area (Å²) < 4.78 is 5.87. The smallest absolute Gasteiger partial charge is 0.311 e. The van der Waals surface area contributed by atoms with Crippen LogP contribution < -0.4 is 15.4 Å². The highest BCUT2D eigenvalue weighted by Gasteiger charge is 2.21. The van der Waals surface area contributed by atoms with Gasteiger partial charge in [0.2, 0.25) is 11.8 Å². The third kappa shape index (κ3) is 14.0. The monoisotopic (exact) mass is 530 g/mol. The highest BCUT2D eigenvalue weighted by molar-refractivity contribution is 5.99. The second-order valence-electron chi connectivity index (χ2n) is 10.6. The standard InChI is InChI=1S/C32H54N2O4/c1-6-9-12-15-18-21-28(35)33-27-24-25(4)26(5)31(34-29(36)22-19-16-13-10-7-2)32(27)38-30(37)23-20-17-14-11-8-3/h24H,6-23H2,1-5H3,(H,33,35)(H,34,36). The summed E-state index contributed by atoms with van der Waals surface area (Å²) in [6, 6.07) is 1.84. The number of nitrogens with one attached hydrogen (secondary N) is 2. The number of ether oxygens (including phenoxy) is 1. The number of benzene rings is 1. The van der Waals surface area contributed by atoms with Gasteiger partial charge in [0.25, 0.3) is 0 Å². The highest BCUT2D eigenvalue weighted by atomic mass is 16.5. The van der Waals surface area contributed by atoms with Gasteiger partial charge in [0.15, 0.2) is 5.75 Å². The van der Waals surface area contributed by atoms with Crippen molar-refractivity contribution < 1.29 is 19.1 Å². The molecule has 2 amide bonds. The first-order valence-corrected chi connectivity index (χ1v) is 15.3. The van der Waals surface area contributed by atoms with Crippen LogP contribution in [0, 0.1) is 13.8 Å². The molecule has 0 aromatic heterocycles. The van der Waals surface area contributed by atoms with E-state index < -0.39 is 0 Å². The Hall–Kier alpha value is -2.37. The average molecular weight is 531 g/mol. The molecule has 1 aromatic rings. The van der Waals surface area contributed by atoms with E-state index in [0.717, 1.165) is 94.6 Å². The first-order valence-electron chi connectivity index (χ1n) is 15.3. The molecule has 0 fully saturated rings. The van der Waals surface area contributed by atoms with Crippen LogP contribution in [0.15, 0.2) is 6.07 Å². The molecule has 0 aliphatic carbocycles. The van der Waals surface area contributed by atoms with E-state index in [4.69, 9.17) is 4.74 Å². The molecule has 2 N–H and O–H groups in total. The van der Waals surface area contributed by atoms with Crippen LogP contribution in [0.3, 0.4) is 0 Å². The summed E-state index contributed by atoms with van der Waals surface area (Å²) in [4.78, 5) is 38.4. The fraction of sp³-hybridized carbons (Fsp3) is 0.719. The first kappa shape index (κ1) is 33.7. The summed E-state index contributed by atoms with van der Waals surface area (Å²) in [6.07, 6.45) is 16.9. The van der Waals surface area contributed by atoms with E-state index in [9.17, 15) is 14.4 Å². The van der Waals surface area contributed by atoms with Crippen LogP contribution in [0.1, 0.15) is 147 Å². The van der Waals surface area contributed by atoms with Gasteiger partial charge in [-0.2, -0.15) is 0 Å². The zero-order valence-corrected chi connectivity index (χ0v) is 24.9. The van der Waals surface area contributed by atoms with Crippen LogP contribution in [0.4, 0.5) is 11.4 Å². The fourth-order valence-corrected chi connectivity index (χ4v) is 4.47. The van der Waals surface area contributed by atoms with Crippen LogP contribution >= 0.6 is 0 Å². The van der Waals surface area contributed by atoms with Gasteiger partial charge in [-0.1, -0.05) is 97.8 Å². The Morgan fingerprint density at radius 2 is 1.08 bits per heavy atom. The minimum absolute atomic E-state index is 0.0970. The van der Waals surface area contributed by atoms with Gasteiger partial charge < -0.3 is 15.4 Å². The Kier molecular flexibility index (Phi) is 18.2. The molecule has 0 saturated carbocycles. The largest absolute Gasteiger partial charge is 0.422 e. The van der Waals surface area contributed by atoms with Crippen molar-refractivity contribution in [2.75, 3.05) is 10.6 Å². The number of hydrogen-bond donors (Lipinski definition) is 2. The predicted octanol–water partition coefficient (Wildman–Crippen LogP) is 9.17. The molecule has 0 radical (unpaired) electrons. The normalized spacial score (nSPS) is 10.9. The first-order chi connectivity index (χ1) is 18.3. The Morgan fingerprint density at radius 3 is 1.58 bits per heavy atom. The average Bonchev–Trinajstić information content (AvgIpc) is 2.88. The molecule has 0 heterocycles. The maximum atomic E-state index is 12.8. The second kappa shape index (κ2) is 20.6. The molecular weight excluding hydrogens is 476 g/mol. The molecule has 216 valence electrons. The second-order valence-corrected chi connectivity index (χ2v) is 10.6. The number of aryl methyl sites for hydroxylation is 1.